The minimum absolute atomic E-state index is 0.157. The highest BCUT2D eigenvalue weighted by molar-refractivity contribution is 7.92. The van der Waals surface area contributed by atoms with Crippen LogP contribution in [0.1, 0.15) is 15.9 Å². The number of esters is 1. The summed E-state index contributed by atoms with van der Waals surface area (Å²) < 4.78 is 40.9. The molecule has 0 saturated carbocycles. The Morgan fingerprint density at radius 2 is 1.79 bits per heavy atom. The molecule has 0 radical (unpaired) electrons. The van der Waals surface area contributed by atoms with Gasteiger partial charge in [-0.25, -0.2) is 13.2 Å². The zero-order chi connectivity index (χ0) is 23.4. The molecule has 176 valence electrons. The van der Waals surface area contributed by atoms with Crippen molar-refractivity contribution in [3.8, 4) is 11.5 Å². The van der Waals surface area contributed by atoms with Gasteiger partial charge < -0.3 is 19.1 Å². The van der Waals surface area contributed by atoms with Crippen LogP contribution in [0.25, 0.3) is 0 Å². The van der Waals surface area contributed by atoms with Crippen molar-refractivity contribution in [1.82, 2.24) is 9.80 Å². The quantitative estimate of drug-likeness (QED) is 0.596. The summed E-state index contributed by atoms with van der Waals surface area (Å²) in [5.41, 5.74) is 1.52. The number of amides is 1. The predicted molar refractivity (Wildman–Crippen MR) is 120 cm³/mol. The lowest BCUT2D eigenvalue weighted by molar-refractivity contribution is -0.136. The first-order chi connectivity index (χ1) is 15.8. The van der Waals surface area contributed by atoms with Gasteiger partial charge in [0, 0.05) is 38.4 Å². The van der Waals surface area contributed by atoms with Crippen LogP contribution < -0.4 is 14.2 Å². The van der Waals surface area contributed by atoms with Gasteiger partial charge in [-0.15, -0.1) is 0 Å². The molecule has 1 saturated heterocycles. The van der Waals surface area contributed by atoms with Crippen LogP contribution in [0.15, 0.2) is 42.5 Å². The van der Waals surface area contributed by atoms with E-state index in [-0.39, 0.29) is 30.6 Å². The molecule has 2 heterocycles. The van der Waals surface area contributed by atoms with Gasteiger partial charge in [0.15, 0.2) is 18.1 Å². The molecule has 1 N–H and O–H groups in total. The van der Waals surface area contributed by atoms with Crippen LogP contribution in [0.2, 0.25) is 0 Å². The fourth-order valence-electron chi connectivity index (χ4n) is 3.68. The number of nitrogens with one attached hydrogen (secondary N) is 1. The normalized spacial score (nSPS) is 15.8. The van der Waals surface area contributed by atoms with Gasteiger partial charge in [-0.3, -0.25) is 14.4 Å². The monoisotopic (exact) mass is 475 g/mol. The molecule has 11 heteroatoms. The Balaban J connectivity index is 1.23. The number of anilines is 1. The highest BCUT2D eigenvalue weighted by atomic mass is 32.2. The van der Waals surface area contributed by atoms with E-state index in [9.17, 15) is 18.0 Å². The maximum atomic E-state index is 12.5. The van der Waals surface area contributed by atoms with Gasteiger partial charge in [0.25, 0.3) is 5.91 Å². The maximum Gasteiger partial charge on any atom is 0.338 e. The molecule has 2 aromatic rings. The summed E-state index contributed by atoms with van der Waals surface area (Å²) in [6.45, 7) is 3.09. The number of nitrogens with zero attached hydrogens (tertiary/aromatic N) is 2. The van der Waals surface area contributed by atoms with Crippen LogP contribution >= 0.6 is 0 Å². The van der Waals surface area contributed by atoms with E-state index in [1.165, 1.54) is 24.3 Å². The molecule has 0 bridgehead atoms. The number of rotatable bonds is 7. The molecule has 33 heavy (non-hydrogen) atoms. The fraction of sp³-hybridized carbons (Fsp3) is 0.364. The lowest BCUT2D eigenvalue weighted by Crippen LogP contribution is -2.49. The zero-order valence-electron chi connectivity index (χ0n) is 18.2. The second kappa shape index (κ2) is 9.67. The summed E-state index contributed by atoms with van der Waals surface area (Å²) in [6, 6.07) is 11.8. The zero-order valence-corrected chi connectivity index (χ0v) is 19.0. The number of sulfonamides is 1. The molecular formula is C22H25N3O7S. The molecule has 2 aliphatic rings. The van der Waals surface area contributed by atoms with Crippen molar-refractivity contribution in [3.05, 3.63) is 53.6 Å². The second-order valence-corrected chi connectivity index (χ2v) is 9.62. The van der Waals surface area contributed by atoms with E-state index in [2.05, 4.69) is 9.62 Å². The third-order valence-corrected chi connectivity index (χ3v) is 5.90. The SMILES string of the molecule is CS(=O)(=O)Nc1cccc(C(=O)OCC(=O)N2CCN(Cc3ccc4c(c3)OCO4)CC2)c1. The predicted octanol–water partition coefficient (Wildman–Crippen LogP) is 1.29. The Morgan fingerprint density at radius 1 is 1.03 bits per heavy atom. The van der Waals surface area contributed by atoms with Gasteiger partial charge in [-0.1, -0.05) is 12.1 Å². The van der Waals surface area contributed by atoms with E-state index < -0.39 is 16.0 Å². The number of hydrogen-bond acceptors (Lipinski definition) is 8. The first kappa shape index (κ1) is 22.9. The van der Waals surface area contributed by atoms with Gasteiger partial charge >= 0.3 is 5.97 Å². The van der Waals surface area contributed by atoms with Gasteiger partial charge in [-0.05, 0) is 35.9 Å². The number of piperazine rings is 1. The standard InChI is InChI=1S/C22H25N3O7S/c1-33(28,29)23-18-4-2-3-17(12-18)22(27)30-14-21(26)25-9-7-24(8-10-25)13-16-5-6-19-20(11-16)32-15-31-19/h2-6,11-12,23H,7-10,13-15H2,1H3. The highest BCUT2D eigenvalue weighted by Gasteiger charge is 2.23. The number of carbonyl (C=O) groups is 2. The van der Waals surface area contributed by atoms with Crippen molar-refractivity contribution in [1.29, 1.82) is 0 Å². The molecule has 1 amide bonds. The summed E-state index contributed by atoms with van der Waals surface area (Å²) >= 11 is 0. The Bertz CT molecular complexity index is 1140. The van der Waals surface area contributed by atoms with E-state index in [0.717, 1.165) is 29.9 Å². The van der Waals surface area contributed by atoms with Crippen LogP contribution in [0.5, 0.6) is 11.5 Å². The Labute approximate surface area is 192 Å². The van der Waals surface area contributed by atoms with E-state index in [1.54, 1.807) is 4.90 Å². The van der Waals surface area contributed by atoms with Gasteiger partial charge in [0.2, 0.25) is 16.8 Å². The molecule has 0 spiro atoms. The number of carbonyl (C=O) groups excluding carboxylic acids is 2. The molecule has 2 aromatic carbocycles. The molecule has 0 atom stereocenters. The molecule has 0 unspecified atom stereocenters. The van der Waals surface area contributed by atoms with Crippen LogP contribution in [0, 0.1) is 0 Å². The first-order valence-corrected chi connectivity index (χ1v) is 12.3. The summed E-state index contributed by atoms with van der Waals surface area (Å²) in [5.74, 6) is 0.543. The molecule has 2 aliphatic heterocycles. The third kappa shape index (κ3) is 6.14. The minimum atomic E-state index is -3.47. The second-order valence-electron chi connectivity index (χ2n) is 7.88. The summed E-state index contributed by atoms with van der Waals surface area (Å²) in [5, 5.41) is 0. The minimum Gasteiger partial charge on any atom is -0.454 e. The van der Waals surface area contributed by atoms with E-state index >= 15 is 0 Å². The Hall–Kier alpha value is -3.31. The number of benzene rings is 2. The molecule has 10 nitrogen and oxygen atoms in total. The first-order valence-electron chi connectivity index (χ1n) is 10.4. The van der Waals surface area contributed by atoms with Gasteiger partial charge in [-0.2, -0.15) is 0 Å². The lowest BCUT2D eigenvalue weighted by atomic mass is 10.1. The Morgan fingerprint density at radius 3 is 2.55 bits per heavy atom. The lowest BCUT2D eigenvalue weighted by Gasteiger charge is -2.34. The molecular weight excluding hydrogens is 450 g/mol. The summed E-state index contributed by atoms with van der Waals surface area (Å²) in [7, 11) is -3.47. The topological polar surface area (TPSA) is 114 Å². The van der Waals surface area contributed by atoms with E-state index in [0.29, 0.717) is 26.2 Å². The number of fused-ring (bicyclic) bond motifs is 1. The van der Waals surface area contributed by atoms with Crippen molar-refractivity contribution in [2.75, 3.05) is 50.6 Å². The van der Waals surface area contributed by atoms with Crippen molar-refractivity contribution < 1.29 is 32.2 Å². The van der Waals surface area contributed by atoms with E-state index in [4.69, 9.17) is 14.2 Å². The Kier molecular flexibility index (Phi) is 6.70. The highest BCUT2D eigenvalue weighted by Crippen LogP contribution is 2.32. The van der Waals surface area contributed by atoms with Crippen molar-refractivity contribution in [3.63, 3.8) is 0 Å². The summed E-state index contributed by atoms with van der Waals surface area (Å²) in [4.78, 5) is 28.7. The van der Waals surface area contributed by atoms with Crippen molar-refractivity contribution in [2.45, 2.75) is 6.54 Å². The van der Waals surface area contributed by atoms with Crippen LogP contribution in [-0.4, -0.2) is 75.9 Å². The number of ether oxygens (including phenoxy) is 3. The molecule has 0 aliphatic carbocycles. The van der Waals surface area contributed by atoms with Crippen LogP contribution in [0.3, 0.4) is 0 Å². The fourth-order valence-corrected chi connectivity index (χ4v) is 4.23. The average molecular weight is 476 g/mol. The smallest absolute Gasteiger partial charge is 0.338 e. The largest absolute Gasteiger partial charge is 0.454 e. The third-order valence-electron chi connectivity index (χ3n) is 5.30. The van der Waals surface area contributed by atoms with Crippen LogP contribution in [-0.2, 0) is 26.1 Å². The average Bonchev–Trinajstić information content (AvgIpc) is 3.25. The summed E-state index contributed by atoms with van der Waals surface area (Å²) in [6.07, 6.45) is 1.02. The van der Waals surface area contributed by atoms with E-state index in [1.807, 2.05) is 18.2 Å². The van der Waals surface area contributed by atoms with Crippen LogP contribution in [0.4, 0.5) is 5.69 Å². The maximum absolute atomic E-state index is 12.5. The number of hydrogen-bond donors (Lipinski definition) is 1. The van der Waals surface area contributed by atoms with Gasteiger partial charge in [0.05, 0.1) is 11.8 Å². The molecule has 1 fully saturated rings. The molecule has 0 aromatic heterocycles. The van der Waals surface area contributed by atoms with Gasteiger partial charge in [0.1, 0.15) is 0 Å². The molecule has 4 rings (SSSR count). The van der Waals surface area contributed by atoms with Crippen molar-refractivity contribution in [2.24, 2.45) is 0 Å². The van der Waals surface area contributed by atoms with Crippen molar-refractivity contribution >= 4 is 27.6 Å².